The van der Waals surface area contributed by atoms with E-state index in [2.05, 4.69) is 10.0 Å². The highest BCUT2D eigenvalue weighted by atomic mass is 35.5. The Morgan fingerprint density at radius 3 is 1.86 bits per heavy atom. The molecule has 0 aliphatic carbocycles. The molecule has 0 saturated heterocycles. The zero-order valence-electron chi connectivity index (χ0n) is 23.0. The number of benzene rings is 5. The third-order valence-electron chi connectivity index (χ3n) is 6.29. The highest BCUT2D eigenvalue weighted by Crippen LogP contribution is 2.29. The fourth-order valence-electron chi connectivity index (χ4n) is 4.14. The minimum Gasteiger partial charge on any atom is -0.457 e. The van der Waals surface area contributed by atoms with E-state index in [-0.39, 0.29) is 31.9 Å². The number of halogens is 1. The van der Waals surface area contributed by atoms with Crippen LogP contribution < -0.4 is 19.1 Å². The van der Waals surface area contributed by atoms with E-state index in [1.54, 1.807) is 72.8 Å². The standard InChI is InChI=1S/C32H26ClN3O6S2/c33-30-13-7-8-14-31(30)35-43(38,39)28-21-15-24(16-22-28)34-32(37)23-36(44(40,41)29-11-5-2-6-12-29)25-17-19-27(20-18-25)42-26-9-3-1-4-10-26/h1-22,35H,23H2,(H,34,37). The van der Waals surface area contributed by atoms with E-state index < -0.39 is 32.5 Å². The van der Waals surface area contributed by atoms with Gasteiger partial charge >= 0.3 is 0 Å². The number of nitrogens with zero attached hydrogens (tertiary/aromatic N) is 1. The van der Waals surface area contributed by atoms with Crippen LogP contribution in [0.1, 0.15) is 0 Å². The van der Waals surface area contributed by atoms with Crippen molar-refractivity contribution >= 4 is 54.6 Å². The van der Waals surface area contributed by atoms with Crippen LogP contribution in [-0.2, 0) is 24.8 Å². The van der Waals surface area contributed by atoms with E-state index in [1.807, 2.05) is 18.2 Å². The summed E-state index contributed by atoms with van der Waals surface area (Å²) in [7, 11) is -8.09. The number of ether oxygens (including phenoxy) is 1. The number of sulfonamides is 2. The van der Waals surface area contributed by atoms with E-state index in [4.69, 9.17) is 16.3 Å². The minimum absolute atomic E-state index is 0.0120. The van der Waals surface area contributed by atoms with Gasteiger partial charge in [-0.25, -0.2) is 16.8 Å². The summed E-state index contributed by atoms with van der Waals surface area (Å²) in [5.41, 5.74) is 0.748. The van der Waals surface area contributed by atoms with E-state index in [1.165, 1.54) is 42.5 Å². The molecule has 5 aromatic rings. The van der Waals surface area contributed by atoms with Gasteiger partial charge in [-0.2, -0.15) is 0 Å². The first kappa shape index (κ1) is 30.6. The van der Waals surface area contributed by atoms with Crippen LogP contribution in [0.25, 0.3) is 0 Å². The van der Waals surface area contributed by atoms with Crippen LogP contribution in [-0.4, -0.2) is 29.3 Å². The largest absolute Gasteiger partial charge is 0.457 e. The first-order chi connectivity index (χ1) is 21.1. The molecule has 12 heteroatoms. The molecule has 5 aromatic carbocycles. The molecule has 0 spiro atoms. The van der Waals surface area contributed by atoms with Gasteiger partial charge in [0.15, 0.2) is 0 Å². The normalized spacial score (nSPS) is 11.4. The second-order valence-corrected chi connectivity index (χ2v) is 13.3. The van der Waals surface area contributed by atoms with Crippen molar-refractivity contribution in [3.63, 3.8) is 0 Å². The number of hydrogen-bond acceptors (Lipinski definition) is 6. The summed E-state index contributed by atoms with van der Waals surface area (Å²) in [5.74, 6) is 0.464. The van der Waals surface area contributed by atoms with Crippen molar-refractivity contribution < 1.29 is 26.4 Å². The summed E-state index contributed by atoms with van der Waals surface area (Å²) in [6.07, 6.45) is 0. The van der Waals surface area contributed by atoms with Gasteiger partial charge in [-0.3, -0.25) is 13.8 Å². The number of carbonyl (C=O) groups excluding carboxylic acids is 1. The molecule has 2 N–H and O–H groups in total. The van der Waals surface area contributed by atoms with Crippen LogP contribution in [0.15, 0.2) is 143 Å². The number of para-hydroxylation sites is 2. The topological polar surface area (TPSA) is 122 Å². The molecule has 0 aliphatic heterocycles. The molecule has 0 aromatic heterocycles. The molecule has 0 saturated carbocycles. The molecule has 0 aliphatic rings. The quantitative estimate of drug-likeness (QED) is 0.163. The third-order valence-corrected chi connectivity index (χ3v) is 9.79. The second kappa shape index (κ2) is 13.2. The molecule has 1 amide bonds. The summed E-state index contributed by atoms with van der Waals surface area (Å²) in [6.45, 7) is -0.551. The van der Waals surface area contributed by atoms with Gasteiger partial charge in [-0.05, 0) is 84.9 Å². The Balaban J connectivity index is 1.34. The molecular weight excluding hydrogens is 622 g/mol. The molecule has 0 atom stereocenters. The van der Waals surface area contributed by atoms with Crippen LogP contribution in [0.3, 0.4) is 0 Å². The Labute approximate surface area is 260 Å². The van der Waals surface area contributed by atoms with E-state index in [9.17, 15) is 21.6 Å². The maximum atomic E-state index is 13.7. The minimum atomic E-state index is -4.14. The van der Waals surface area contributed by atoms with Crippen molar-refractivity contribution in [2.45, 2.75) is 9.79 Å². The van der Waals surface area contributed by atoms with Crippen LogP contribution >= 0.6 is 11.6 Å². The van der Waals surface area contributed by atoms with Gasteiger partial charge < -0.3 is 10.1 Å². The molecule has 0 unspecified atom stereocenters. The lowest BCUT2D eigenvalue weighted by atomic mass is 10.3. The average Bonchev–Trinajstić information content (AvgIpc) is 3.02. The predicted octanol–water partition coefficient (Wildman–Crippen LogP) is 6.77. The maximum Gasteiger partial charge on any atom is 0.264 e. The Bertz CT molecular complexity index is 1960. The van der Waals surface area contributed by atoms with Crippen molar-refractivity contribution in [1.29, 1.82) is 0 Å². The van der Waals surface area contributed by atoms with Gasteiger partial charge in [0.25, 0.3) is 20.0 Å². The van der Waals surface area contributed by atoms with Crippen molar-refractivity contribution in [2.24, 2.45) is 0 Å². The average molecular weight is 648 g/mol. The number of carbonyl (C=O) groups is 1. The second-order valence-electron chi connectivity index (χ2n) is 9.39. The Morgan fingerprint density at radius 1 is 0.659 bits per heavy atom. The fraction of sp³-hybridized carbons (Fsp3) is 0.0312. The van der Waals surface area contributed by atoms with Crippen LogP contribution in [0.4, 0.5) is 17.1 Å². The Morgan fingerprint density at radius 2 is 1.23 bits per heavy atom. The summed E-state index contributed by atoms with van der Waals surface area (Å²) in [4.78, 5) is 13.1. The molecular formula is C32H26ClN3O6S2. The lowest BCUT2D eigenvalue weighted by Gasteiger charge is -2.24. The summed E-state index contributed by atoms with van der Waals surface area (Å²) in [5, 5.41) is 2.88. The molecule has 0 radical (unpaired) electrons. The van der Waals surface area contributed by atoms with E-state index in [0.717, 1.165) is 4.31 Å². The molecule has 0 fully saturated rings. The number of rotatable bonds is 11. The van der Waals surface area contributed by atoms with Gasteiger partial charge in [0.05, 0.1) is 26.2 Å². The summed E-state index contributed by atoms with van der Waals surface area (Å²) >= 11 is 6.07. The van der Waals surface area contributed by atoms with Crippen molar-refractivity contribution in [3.8, 4) is 11.5 Å². The van der Waals surface area contributed by atoms with Crippen molar-refractivity contribution in [1.82, 2.24) is 0 Å². The molecule has 0 bridgehead atoms. The summed E-state index contributed by atoms with van der Waals surface area (Å²) in [6, 6.07) is 35.1. The Hall–Kier alpha value is -4.84. The smallest absolute Gasteiger partial charge is 0.264 e. The highest BCUT2D eigenvalue weighted by Gasteiger charge is 2.27. The van der Waals surface area contributed by atoms with Crippen molar-refractivity contribution in [2.75, 3.05) is 20.9 Å². The first-order valence-electron chi connectivity index (χ1n) is 13.2. The van der Waals surface area contributed by atoms with Gasteiger partial charge in [-0.15, -0.1) is 0 Å². The van der Waals surface area contributed by atoms with Crippen LogP contribution in [0, 0.1) is 0 Å². The lowest BCUT2D eigenvalue weighted by molar-refractivity contribution is -0.114. The maximum absolute atomic E-state index is 13.7. The fourth-order valence-corrected chi connectivity index (χ4v) is 6.90. The van der Waals surface area contributed by atoms with Gasteiger partial charge in [0, 0.05) is 5.69 Å². The van der Waals surface area contributed by atoms with Crippen LogP contribution in [0.2, 0.25) is 5.02 Å². The van der Waals surface area contributed by atoms with Crippen molar-refractivity contribution in [3.05, 3.63) is 138 Å². The van der Waals surface area contributed by atoms with E-state index >= 15 is 0 Å². The number of hydrogen-bond donors (Lipinski definition) is 2. The number of anilines is 3. The molecule has 0 heterocycles. The zero-order valence-corrected chi connectivity index (χ0v) is 25.4. The monoisotopic (exact) mass is 647 g/mol. The SMILES string of the molecule is O=C(CN(c1ccc(Oc2ccccc2)cc1)S(=O)(=O)c1ccccc1)Nc1ccc(S(=O)(=O)Nc2ccccc2Cl)cc1. The predicted molar refractivity (Wildman–Crippen MR) is 171 cm³/mol. The summed E-state index contributed by atoms with van der Waals surface area (Å²) < 4.78 is 62.2. The molecule has 224 valence electrons. The zero-order chi connectivity index (χ0) is 31.2. The van der Waals surface area contributed by atoms with E-state index in [0.29, 0.717) is 11.5 Å². The molecule has 9 nitrogen and oxygen atoms in total. The molecule has 44 heavy (non-hydrogen) atoms. The van der Waals surface area contributed by atoms with Crippen LogP contribution in [0.5, 0.6) is 11.5 Å². The molecule has 5 rings (SSSR count). The Kier molecular flexibility index (Phi) is 9.19. The number of amides is 1. The number of nitrogens with one attached hydrogen (secondary N) is 2. The third kappa shape index (κ3) is 7.38. The van der Waals surface area contributed by atoms with Gasteiger partial charge in [-0.1, -0.05) is 60.1 Å². The van der Waals surface area contributed by atoms with Gasteiger partial charge in [0.2, 0.25) is 5.91 Å². The lowest BCUT2D eigenvalue weighted by Crippen LogP contribution is -2.38. The van der Waals surface area contributed by atoms with Gasteiger partial charge in [0.1, 0.15) is 18.0 Å². The highest BCUT2D eigenvalue weighted by molar-refractivity contribution is 7.93. The first-order valence-corrected chi connectivity index (χ1v) is 16.5.